The summed E-state index contributed by atoms with van der Waals surface area (Å²) in [6.45, 7) is 7.79. The predicted octanol–water partition coefficient (Wildman–Crippen LogP) is 2.91. The zero-order valence-electron chi connectivity index (χ0n) is 13.4. The number of carboxylic acids is 1. The Bertz CT molecular complexity index is 473. The SMILES string of the molecule is CC1(C)CC2CC(C)(CN2C(=O)C2CCC(C(=O)O)C2)C1. The normalized spacial score (nSPS) is 41.3. The van der Waals surface area contributed by atoms with Crippen molar-refractivity contribution in [1.29, 1.82) is 0 Å². The number of hydrogen-bond acceptors (Lipinski definition) is 2. The third-order valence-corrected chi connectivity index (χ3v) is 5.83. The molecule has 1 N–H and O–H groups in total. The number of amides is 1. The van der Waals surface area contributed by atoms with Crippen LogP contribution in [0.2, 0.25) is 0 Å². The van der Waals surface area contributed by atoms with Crippen molar-refractivity contribution in [2.75, 3.05) is 6.54 Å². The fraction of sp³-hybridized carbons (Fsp3) is 0.882. The van der Waals surface area contributed by atoms with E-state index in [0.717, 1.165) is 25.8 Å². The Labute approximate surface area is 126 Å². The molecule has 0 aromatic carbocycles. The summed E-state index contributed by atoms with van der Waals surface area (Å²) in [6, 6.07) is 0.370. The monoisotopic (exact) mass is 293 g/mol. The molecule has 1 amide bonds. The van der Waals surface area contributed by atoms with Crippen LogP contribution in [-0.4, -0.2) is 34.5 Å². The van der Waals surface area contributed by atoms with Crippen molar-refractivity contribution in [3.05, 3.63) is 0 Å². The van der Waals surface area contributed by atoms with Crippen molar-refractivity contribution >= 4 is 11.9 Å². The van der Waals surface area contributed by atoms with Crippen molar-refractivity contribution in [2.45, 2.75) is 65.3 Å². The molecule has 1 heterocycles. The van der Waals surface area contributed by atoms with Gasteiger partial charge < -0.3 is 10.0 Å². The van der Waals surface area contributed by atoms with E-state index < -0.39 is 5.97 Å². The summed E-state index contributed by atoms with van der Waals surface area (Å²) in [6.07, 6.45) is 5.34. The highest BCUT2D eigenvalue weighted by Gasteiger charge is 2.52. The van der Waals surface area contributed by atoms with Crippen molar-refractivity contribution in [2.24, 2.45) is 22.7 Å². The molecule has 118 valence electrons. The lowest BCUT2D eigenvalue weighted by atomic mass is 9.65. The Balaban J connectivity index is 1.71. The number of carbonyl (C=O) groups excluding carboxylic acids is 1. The molecule has 0 aromatic heterocycles. The number of fused-ring (bicyclic) bond motifs is 2. The van der Waals surface area contributed by atoms with Crippen molar-refractivity contribution in [1.82, 2.24) is 4.90 Å². The van der Waals surface area contributed by atoms with E-state index in [4.69, 9.17) is 5.11 Å². The number of hydrogen-bond donors (Lipinski definition) is 1. The fourth-order valence-corrected chi connectivity index (χ4v) is 5.38. The summed E-state index contributed by atoms with van der Waals surface area (Å²) in [5.41, 5.74) is 0.568. The minimum absolute atomic E-state index is 0.0582. The fourth-order valence-electron chi connectivity index (χ4n) is 5.38. The van der Waals surface area contributed by atoms with Gasteiger partial charge >= 0.3 is 5.97 Å². The number of aliphatic carboxylic acids is 1. The Morgan fingerprint density at radius 3 is 2.38 bits per heavy atom. The molecule has 2 bridgehead atoms. The van der Waals surface area contributed by atoms with Gasteiger partial charge in [0, 0.05) is 18.5 Å². The zero-order chi connectivity index (χ0) is 15.4. The van der Waals surface area contributed by atoms with Crippen molar-refractivity contribution in [3.8, 4) is 0 Å². The largest absolute Gasteiger partial charge is 0.481 e. The van der Waals surface area contributed by atoms with Gasteiger partial charge in [-0.05, 0) is 49.4 Å². The molecule has 21 heavy (non-hydrogen) atoms. The minimum Gasteiger partial charge on any atom is -0.481 e. The van der Waals surface area contributed by atoms with Crippen LogP contribution in [0.3, 0.4) is 0 Å². The molecular formula is C17H27NO3. The van der Waals surface area contributed by atoms with Crippen LogP contribution in [0.4, 0.5) is 0 Å². The quantitative estimate of drug-likeness (QED) is 0.851. The highest BCUT2D eigenvalue weighted by atomic mass is 16.4. The van der Waals surface area contributed by atoms with Gasteiger partial charge in [-0.15, -0.1) is 0 Å². The summed E-state index contributed by atoms with van der Waals surface area (Å²) in [5, 5.41) is 9.11. The van der Waals surface area contributed by atoms with Gasteiger partial charge in [0.25, 0.3) is 0 Å². The number of carbonyl (C=O) groups is 2. The van der Waals surface area contributed by atoms with Crippen LogP contribution >= 0.6 is 0 Å². The molecule has 3 aliphatic rings. The molecule has 0 radical (unpaired) electrons. The van der Waals surface area contributed by atoms with Crippen LogP contribution in [0.15, 0.2) is 0 Å². The van der Waals surface area contributed by atoms with Gasteiger partial charge in [0.1, 0.15) is 0 Å². The molecule has 1 saturated heterocycles. The molecule has 4 unspecified atom stereocenters. The first-order valence-corrected chi connectivity index (χ1v) is 8.22. The van der Waals surface area contributed by atoms with Gasteiger partial charge in [0.05, 0.1) is 5.92 Å². The first-order valence-electron chi connectivity index (χ1n) is 8.22. The van der Waals surface area contributed by atoms with Crippen LogP contribution < -0.4 is 0 Å². The van der Waals surface area contributed by atoms with E-state index >= 15 is 0 Å². The van der Waals surface area contributed by atoms with E-state index in [1.165, 1.54) is 6.42 Å². The third kappa shape index (κ3) is 2.69. The molecule has 4 heteroatoms. The third-order valence-electron chi connectivity index (χ3n) is 5.83. The average molecular weight is 293 g/mol. The van der Waals surface area contributed by atoms with Gasteiger partial charge in [0.15, 0.2) is 0 Å². The smallest absolute Gasteiger partial charge is 0.306 e. The van der Waals surface area contributed by atoms with Crippen LogP contribution in [0, 0.1) is 22.7 Å². The van der Waals surface area contributed by atoms with Crippen LogP contribution in [0.1, 0.15) is 59.3 Å². The van der Waals surface area contributed by atoms with E-state index in [2.05, 4.69) is 25.7 Å². The molecule has 0 aromatic rings. The second-order valence-electron chi connectivity index (χ2n) is 8.72. The number of carboxylic acid groups (broad SMARTS) is 1. The molecular weight excluding hydrogens is 266 g/mol. The highest BCUT2D eigenvalue weighted by Crippen LogP contribution is 2.53. The Morgan fingerprint density at radius 1 is 1.10 bits per heavy atom. The molecule has 2 saturated carbocycles. The second-order valence-corrected chi connectivity index (χ2v) is 8.72. The van der Waals surface area contributed by atoms with Crippen LogP contribution in [0.5, 0.6) is 0 Å². The molecule has 0 spiro atoms. The number of rotatable bonds is 2. The maximum absolute atomic E-state index is 12.8. The average Bonchev–Trinajstić information content (AvgIpc) is 2.90. The zero-order valence-corrected chi connectivity index (χ0v) is 13.4. The van der Waals surface area contributed by atoms with Gasteiger partial charge in [-0.1, -0.05) is 20.8 Å². The Kier molecular flexibility index (Phi) is 3.34. The number of likely N-dealkylation sites (tertiary alicyclic amines) is 1. The second kappa shape index (κ2) is 4.72. The molecule has 4 nitrogen and oxygen atoms in total. The van der Waals surface area contributed by atoms with Gasteiger partial charge in [-0.25, -0.2) is 0 Å². The molecule has 4 atom stereocenters. The van der Waals surface area contributed by atoms with E-state index in [-0.39, 0.29) is 23.2 Å². The van der Waals surface area contributed by atoms with Crippen molar-refractivity contribution in [3.63, 3.8) is 0 Å². The summed E-state index contributed by atoms with van der Waals surface area (Å²) >= 11 is 0. The first kappa shape index (κ1) is 14.9. The summed E-state index contributed by atoms with van der Waals surface area (Å²) in [7, 11) is 0. The summed E-state index contributed by atoms with van der Waals surface area (Å²) in [5.74, 6) is -0.881. The van der Waals surface area contributed by atoms with E-state index in [1.807, 2.05) is 0 Å². The van der Waals surface area contributed by atoms with Crippen molar-refractivity contribution < 1.29 is 14.7 Å². The maximum Gasteiger partial charge on any atom is 0.306 e. The first-order chi connectivity index (χ1) is 9.69. The Hall–Kier alpha value is -1.06. The van der Waals surface area contributed by atoms with Gasteiger partial charge in [0.2, 0.25) is 5.91 Å². The molecule has 3 fully saturated rings. The van der Waals surface area contributed by atoms with E-state index in [1.54, 1.807) is 0 Å². The van der Waals surface area contributed by atoms with Crippen LogP contribution in [-0.2, 0) is 9.59 Å². The standard InChI is InChI=1S/C17H27NO3/c1-16(2)7-13-8-17(3,9-16)10-18(13)14(19)11-4-5-12(6-11)15(20)21/h11-13H,4-10H2,1-3H3,(H,20,21). The summed E-state index contributed by atoms with van der Waals surface area (Å²) in [4.78, 5) is 26.0. The Morgan fingerprint density at radius 2 is 1.76 bits per heavy atom. The molecule has 3 rings (SSSR count). The lowest BCUT2D eigenvalue weighted by Gasteiger charge is -2.39. The number of nitrogens with zero attached hydrogens (tertiary/aromatic N) is 1. The maximum atomic E-state index is 12.8. The minimum atomic E-state index is -0.737. The molecule has 2 aliphatic carbocycles. The van der Waals surface area contributed by atoms with Crippen LogP contribution in [0.25, 0.3) is 0 Å². The molecule has 1 aliphatic heterocycles. The summed E-state index contributed by atoms with van der Waals surface area (Å²) < 4.78 is 0. The lowest BCUT2D eigenvalue weighted by molar-refractivity contribution is -0.141. The predicted molar refractivity (Wildman–Crippen MR) is 79.7 cm³/mol. The topological polar surface area (TPSA) is 57.6 Å². The van der Waals surface area contributed by atoms with Gasteiger partial charge in [-0.2, -0.15) is 0 Å². The highest BCUT2D eigenvalue weighted by molar-refractivity contribution is 5.81. The van der Waals surface area contributed by atoms with E-state index in [9.17, 15) is 9.59 Å². The lowest BCUT2D eigenvalue weighted by Crippen LogP contribution is -2.40. The van der Waals surface area contributed by atoms with E-state index in [0.29, 0.717) is 24.3 Å². The van der Waals surface area contributed by atoms with Gasteiger partial charge in [-0.3, -0.25) is 9.59 Å².